The van der Waals surface area contributed by atoms with E-state index >= 15 is 0 Å². The molecule has 144 valence electrons. The van der Waals surface area contributed by atoms with Gasteiger partial charge in [-0.3, -0.25) is 9.78 Å². The van der Waals surface area contributed by atoms with Crippen LogP contribution in [0.5, 0.6) is 0 Å². The number of carbonyl (C=O) groups excluding carboxylic acids is 1. The Kier molecular flexibility index (Phi) is 5.67. The molecule has 3 rings (SSSR count). The van der Waals surface area contributed by atoms with Crippen molar-refractivity contribution in [2.45, 2.75) is 44.4 Å². The zero-order valence-electron chi connectivity index (χ0n) is 14.7. The van der Waals surface area contributed by atoms with E-state index in [-0.39, 0.29) is 16.9 Å². The molecule has 27 heavy (non-hydrogen) atoms. The predicted octanol–water partition coefficient (Wildman–Crippen LogP) is 2.42. The number of hydrogen-bond donors (Lipinski definition) is 4. The van der Waals surface area contributed by atoms with Crippen molar-refractivity contribution in [1.82, 2.24) is 10.3 Å². The number of aromatic nitrogens is 1. The number of aryl methyl sites for hydroxylation is 1. The summed E-state index contributed by atoms with van der Waals surface area (Å²) in [7, 11) is 0. The number of aliphatic hydroxyl groups is 2. The molecule has 0 aliphatic heterocycles. The summed E-state index contributed by atoms with van der Waals surface area (Å²) >= 11 is 0. The number of amides is 1. The van der Waals surface area contributed by atoms with Crippen LogP contribution < -0.4 is 10.6 Å². The molecule has 0 spiro atoms. The Bertz CT molecular complexity index is 847. The molecule has 3 atom stereocenters. The van der Waals surface area contributed by atoms with Crippen LogP contribution in [0.3, 0.4) is 0 Å². The molecular weight excluding hydrogens is 356 g/mol. The molecule has 1 aliphatic carbocycles. The Labute approximate surface area is 155 Å². The highest BCUT2D eigenvalue weighted by molar-refractivity contribution is 6.00. The van der Waals surface area contributed by atoms with Crippen molar-refractivity contribution < 1.29 is 23.8 Å². The van der Waals surface area contributed by atoms with Crippen molar-refractivity contribution in [3.8, 4) is 0 Å². The summed E-state index contributed by atoms with van der Waals surface area (Å²) in [5, 5.41) is 25.0. The van der Waals surface area contributed by atoms with Gasteiger partial charge < -0.3 is 20.8 Å². The van der Waals surface area contributed by atoms with Crippen LogP contribution in [0.1, 0.15) is 35.2 Å². The van der Waals surface area contributed by atoms with Gasteiger partial charge in [-0.25, -0.2) is 8.78 Å². The Morgan fingerprint density at radius 2 is 1.93 bits per heavy atom. The lowest BCUT2D eigenvalue weighted by atomic mass is 9.90. The van der Waals surface area contributed by atoms with Crippen LogP contribution >= 0.6 is 0 Å². The smallest absolute Gasteiger partial charge is 0.256 e. The van der Waals surface area contributed by atoms with Crippen molar-refractivity contribution in [1.29, 1.82) is 0 Å². The lowest BCUT2D eigenvalue weighted by Gasteiger charge is -2.32. The Morgan fingerprint density at radius 1 is 1.15 bits per heavy atom. The first-order valence-corrected chi connectivity index (χ1v) is 8.70. The van der Waals surface area contributed by atoms with Gasteiger partial charge in [0.25, 0.3) is 5.91 Å². The molecule has 6 nitrogen and oxygen atoms in total. The van der Waals surface area contributed by atoms with E-state index in [9.17, 15) is 23.8 Å². The molecule has 1 aromatic carbocycles. The van der Waals surface area contributed by atoms with Gasteiger partial charge in [0.15, 0.2) is 5.82 Å². The lowest BCUT2D eigenvalue weighted by Crippen LogP contribution is -2.51. The summed E-state index contributed by atoms with van der Waals surface area (Å²) in [6, 6.07) is 3.78. The quantitative estimate of drug-likeness (QED) is 0.657. The van der Waals surface area contributed by atoms with Gasteiger partial charge in [0.1, 0.15) is 11.4 Å². The number of pyridine rings is 1. The van der Waals surface area contributed by atoms with Gasteiger partial charge in [-0.05, 0) is 43.9 Å². The summed E-state index contributed by atoms with van der Waals surface area (Å²) in [5.41, 5.74) is 0.465. The summed E-state index contributed by atoms with van der Waals surface area (Å²) in [6.07, 6.45) is 1.58. The van der Waals surface area contributed by atoms with E-state index in [1.807, 2.05) is 0 Å². The molecule has 1 heterocycles. The second kappa shape index (κ2) is 7.98. The van der Waals surface area contributed by atoms with Crippen molar-refractivity contribution in [2.75, 3.05) is 5.32 Å². The third kappa shape index (κ3) is 4.23. The minimum Gasteiger partial charge on any atom is -0.390 e. The van der Waals surface area contributed by atoms with Gasteiger partial charge in [-0.15, -0.1) is 0 Å². The fraction of sp³-hybridized carbons (Fsp3) is 0.368. The fourth-order valence-electron chi connectivity index (χ4n) is 3.18. The Hall–Kier alpha value is -2.58. The highest BCUT2D eigenvalue weighted by Crippen LogP contribution is 2.26. The monoisotopic (exact) mass is 377 g/mol. The molecular formula is C19H21F2N3O3. The largest absolute Gasteiger partial charge is 0.390 e. The number of halogens is 2. The second-order valence-electron chi connectivity index (χ2n) is 6.72. The minimum atomic E-state index is -1.13. The molecule has 1 aromatic heterocycles. The molecule has 1 amide bonds. The van der Waals surface area contributed by atoms with E-state index in [0.717, 1.165) is 11.8 Å². The van der Waals surface area contributed by atoms with E-state index in [1.165, 1.54) is 18.3 Å². The number of benzene rings is 1. The van der Waals surface area contributed by atoms with Crippen LogP contribution in [0.15, 0.2) is 30.6 Å². The first-order valence-electron chi connectivity index (χ1n) is 8.70. The molecule has 0 radical (unpaired) electrons. The zero-order valence-corrected chi connectivity index (χ0v) is 14.7. The van der Waals surface area contributed by atoms with Crippen molar-refractivity contribution >= 4 is 17.3 Å². The number of anilines is 2. The average Bonchev–Trinajstić information content (AvgIpc) is 2.61. The second-order valence-corrected chi connectivity index (χ2v) is 6.72. The topological polar surface area (TPSA) is 94.5 Å². The van der Waals surface area contributed by atoms with E-state index in [4.69, 9.17) is 0 Å². The molecule has 1 saturated carbocycles. The third-order valence-corrected chi connectivity index (χ3v) is 4.66. The Morgan fingerprint density at radius 3 is 2.67 bits per heavy atom. The first-order chi connectivity index (χ1) is 12.9. The predicted molar refractivity (Wildman–Crippen MR) is 95.7 cm³/mol. The van der Waals surface area contributed by atoms with Crippen LogP contribution in [0.25, 0.3) is 0 Å². The first kappa shape index (κ1) is 19.2. The maximum Gasteiger partial charge on any atom is 0.256 e. The molecule has 1 fully saturated rings. The minimum absolute atomic E-state index is 0.00102. The van der Waals surface area contributed by atoms with E-state index < -0.39 is 35.8 Å². The molecule has 0 bridgehead atoms. The van der Waals surface area contributed by atoms with Crippen LogP contribution in [0.2, 0.25) is 0 Å². The van der Waals surface area contributed by atoms with Gasteiger partial charge >= 0.3 is 0 Å². The number of carbonyl (C=O) groups is 1. The third-order valence-electron chi connectivity index (χ3n) is 4.66. The van der Waals surface area contributed by atoms with Gasteiger partial charge in [0.2, 0.25) is 0 Å². The fourth-order valence-corrected chi connectivity index (χ4v) is 3.18. The number of nitrogens with one attached hydrogen (secondary N) is 2. The summed E-state index contributed by atoms with van der Waals surface area (Å²) < 4.78 is 28.4. The highest BCUT2D eigenvalue weighted by Gasteiger charge is 2.32. The summed E-state index contributed by atoms with van der Waals surface area (Å²) in [6.45, 7) is 1.74. The molecule has 3 unspecified atom stereocenters. The average molecular weight is 377 g/mol. The van der Waals surface area contributed by atoms with Crippen LogP contribution in [-0.4, -0.2) is 39.4 Å². The maximum atomic E-state index is 14.3. The summed E-state index contributed by atoms with van der Waals surface area (Å²) in [5.74, 6) is -2.20. The number of hydrogen-bond acceptors (Lipinski definition) is 5. The van der Waals surface area contributed by atoms with Crippen molar-refractivity contribution in [3.05, 3.63) is 53.4 Å². The molecule has 1 aliphatic rings. The zero-order chi connectivity index (χ0) is 19.6. The van der Waals surface area contributed by atoms with E-state index in [2.05, 4.69) is 15.6 Å². The summed E-state index contributed by atoms with van der Waals surface area (Å²) in [4.78, 5) is 16.3. The van der Waals surface area contributed by atoms with Gasteiger partial charge in [0, 0.05) is 0 Å². The SMILES string of the molecule is Cc1ccc(Nc2cncc(F)c2C(=O)NC2CCCC(O)C2O)c(F)c1. The standard InChI is InChI=1S/C19H21F2N3O3/c1-10-5-6-13(11(20)7-10)23-15-9-22-8-12(21)17(15)19(27)24-14-3-2-4-16(25)18(14)26/h5-9,14,16,18,23,25-26H,2-4H2,1H3,(H,24,27). The molecule has 0 saturated heterocycles. The maximum absolute atomic E-state index is 14.3. The molecule has 8 heteroatoms. The normalized spacial score (nSPS) is 22.3. The molecule has 4 N–H and O–H groups in total. The van der Waals surface area contributed by atoms with Crippen LogP contribution in [0.4, 0.5) is 20.2 Å². The van der Waals surface area contributed by atoms with E-state index in [0.29, 0.717) is 19.3 Å². The van der Waals surface area contributed by atoms with E-state index in [1.54, 1.807) is 13.0 Å². The van der Waals surface area contributed by atoms with Crippen LogP contribution in [-0.2, 0) is 0 Å². The van der Waals surface area contributed by atoms with Gasteiger partial charge in [0.05, 0.1) is 42.0 Å². The lowest BCUT2D eigenvalue weighted by molar-refractivity contribution is -0.0278. The molecule has 2 aromatic rings. The van der Waals surface area contributed by atoms with Gasteiger partial charge in [-0.1, -0.05) is 6.07 Å². The number of nitrogens with zero attached hydrogens (tertiary/aromatic N) is 1. The number of rotatable bonds is 4. The van der Waals surface area contributed by atoms with Gasteiger partial charge in [-0.2, -0.15) is 0 Å². The number of aliphatic hydroxyl groups excluding tert-OH is 2. The van der Waals surface area contributed by atoms with Crippen molar-refractivity contribution in [3.63, 3.8) is 0 Å². The highest BCUT2D eigenvalue weighted by atomic mass is 19.1. The van der Waals surface area contributed by atoms with Crippen molar-refractivity contribution in [2.24, 2.45) is 0 Å². The van der Waals surface area contributed by atoms with Crippen LogP contribution in [0, 0.1) is 18.6 Å². The Balaban J connectivity index is 1.85.